The molecule has 0 bridgehead atoms. The minimum atomic E-state index is -1.15. The van der Waals surface area contributed by atoms with Gasteiger partial charge >= 0.3 is 0 Å². The molecule has 4 rings (SSSR count). The van der Waals surface area contributed by atoms with Crippen molar-refractivity contribution in [1.29, 1.82) is 0 Å². The van der Waals surface area contributed by atoms with Crippen molar-refractivity contribution in [2.24, 2.45) is 0 Å². The van der Waals surface area contributed by atoms with Gasteiger partial charge in [0.15, 0.2) is 0 Å². The molecule has 1 aliphatic rings. The highest BCUT2D eigenvalue weighted by Crippen LogP contribution is 2.41. The van der Waals surface area contributed by atoms with Crippen molar-refractivity contribution < 1.29 is 9.90 Å². The molecule has 0 saturated heterocycles. The van der Waals surface area contributed by atoms with E-state index in [2.05, 4.69) is 75.4 Å². The van der Waals surface area contributed by atoms with E-state index in [0.717, 1.165) is 17.5 Å². The van der Waals surface area contributed by atoms with E-state index in [9.17, 15) is 9.90 Å². The summed E-state index contributed by atoms with van der Waals surface area (Å²) in [4.78, 5) is 10.9. The largest absolute Gasteiger partial charge is 0.545 e. The van der Waals surface area contributed by atoms with Crippen molar-refractivity contribution in [3.05, 3.63) is 112 Å². The summed E-state index contributed by atoms with van der Waals surface area (Å²) in [7, 11) is 0. The third-order valence-corrected chi connectivity index (χ3v) is 5.86. The number of hydrogen-bond donors (Lipinski definition) is 0. The lowest BCUT2D eigenvalue weighted by Gasteiger charge is -2.32. The number of rotatable bonds is 4. The summed E-state index contributed by atoms with van der Waals surface area (Å²) in [5.41, 5.74) is 8.82. The number of aromatic carboxylic acids is 1. The van der Waals surface area contributed by atoms with Gasteiger partial charge in [-0.1, -0.05) is 98.3 Å². The summed E-state index contributed by atoms with van der Waals surface area (Å²) in [5.74, 6) is -1.15. The number of hydrogen-bond acceptors (Lipinski definition) is 2. The van der Waals surface area contributed by atoms with Crippen LogP contribution < -0.4 is 5.11 Å². The molecule has 3 aromatic rings. The number of carboxylic acid groups (broad SMARTS) is 1. The summed E-state index contributed by atoms with van der Waals surface area (Å²) in [5, 5.41) is 10.9. The van der Waals surface area contributed by atoms with Crippen molar-refractivity contribution in [3.8, 4) is 0 Å². The molecule has 0 aliphatic heterocycles. The van der Waals surface area contributed by atoms with E-state index in [0.29, 0.717) is 0 Å². The van der Waals surface area contributed by atoms with Crippen LogP contribution in [0.25, 0.3) is 17.7 Å². The molecule has 0 unspecified atom stereocenters. The first-order valence-electron chi connectivity index (χ1n) is 10.3. The van der Waals surface area contributed by atoms with Gasteiger partial charge in [0.2, 0.25) is 0 Å². The summed E-state index contributed by atoms with van der Waals surface area (Å²) in [6.45, 7) is 6.70. The smallest absolute Gasteiger partial charge is 0.0715 e. The molecule has 150 valence electrons. The van der Waals surface area contributed by atoms with Crippen LogP contribution in [0.2, 0.25) is 0 Å². The molecule has 1 aliphatic carbocycles. The van der Waals surface area contributed by atoms with Crippen LogP contribution in [0.3, 0.4) is 0 Å². The predicted octanol–water partition coefficient (Wildman–Crippen LogP) is 5.64. The van der Waals surface area contributed by atoms with Crippen LogP contribution in [-0.2, 0) is 5.41 Å². The highest BCUT2D eigenvalue weighted by molar-refractivity contribution is 5.87. The second-order valence-electron chi connectivity index (χ2n) is 8.62. The van der Waals surface area contributed by atoms with Crippen LogP contribution in [0, 0.1) is 6.92 Å². The van der Waals surface area contributed by atoms with Crippen molar-refractivity contribution in [2.45, 2.75) is 32.6 Å². The third-order valence-electron chi connectivity index (χ3n) is 5.86. The van der Waals surface area contributed by atoms with Gasteiger partial charge in [0.05, 0.1) is 5.97 Å². The first-order chi connectivity index (χ1) is 14.3. The molecule has 2 nitrogen and oxygen atoms in total. The van der Waals surface area contributed by atoms with Crippen LogP contribution >= 0.6 is 0 Å². The van der Waals surface area contributed by atoms with Crippen LogP contribution in [-0.4, -0.2) is 5.97 Å². The minimum Gasteiger partial charge on any atom is -0.545 e. The van der Waals surface area contributed by atoms with Gasteiger partial charge in [0.25, 0.3) is 0 Å². The van der Waals surface area contributed by atoms with Crippen molar-refractivity contribution in [2.75, 3.05) is 0 Å². The van der Waals surface area contributed by atoms with Crippen molar-refractivity contribution in [1.82, 2.24) is 0 Å². The van der Waals surface area contributed by atoms with Gasteiger partial charge in [-0.15, -0.1) is 0 Å². The zero-order chi connectivity index (χ0) is 21.3. The van der Waals surface area contributed by atoms with Gasteiger partial charge in [0, 0.05) is 0 Å². The third kappa shape index (κ3) is 3.99. The standard InChI is InChI=1S/C28H26O2/c1-19-4-11-22(12-5-19)24-16-17-28(2,3)26-15-10-21(18-25(24)26)7-6-20-8-13-23(14-9-20)27(29)30/h4-16,18H,17H2,1-3H3,(H,29,30)/p-1/b7-6+. The number of carboxylic acids is 1. The highest BCUT2D eigenvalue weighted by atomic mass is 16.4. The topological polar surface area (TPSA) is 40.1 Å². The first-order valence-corrected chi connectivity index (χ1v) is 10.3. The zero-order valence-electron chi connectivity index (χ0n) is 17.6. The van der Waals surface area contributed by atoms with Crippen LogP contribution in [0.15, 0.2) is 72.8 Å². The quantitative estimate of drug-likeness (QED) is 0.538. The number of allylic oxidation sites excluding steroid dienone is 1. The maximum Gasteiger partial charge on any atom is 0.0715 e. The van der Waals surface area contributed by atoms with Crippen LogP contribution in [0.4, 0.5) is 0 Å². The molecule has 3 aromatic carbocycles. The summed E-state index contributed by atoms with van der Waals surface area (Å²) < 4.78 is 0. The normalized spacial score (nSPS) is 15.0. The van der Waals surface area contributed by atoms with Gasteiger partial charge in [-0.3, -0.25) is 0 Å². The van der Waals surface area contributed by atoms with Crippen LogP contribution in [0.1, 0.15) is 64.0 Å². The van der Waals surface area contributed by atoms with Gasteiger partial charge in [0.1, 0.15) is 0 Å². The van der Waals surface area contributed by atoms with E-state index >= 15 is 0 Å². The van der Waals surface area contributed by atoms with Crippen molar-refractivity contribution in [3.63, 3.8) is 0 Å². The Balaban J connectivity index is 1.69. The fourth-order valence-corrected chi connectivity index (χ4v) is 3.98. The number of benzene rings is 3. The molecule has 2 heteroatoms. The number of carbonyl (C=O) groups excluding carboxylic acids is 1. The molecule has 0 spiro atoms. The Morgan fingerprint density at radius 3 is 2.20 bits per heavy atom. The number of carbonyl (C=O) groups is 1. The van der Waals surface area contributed by atoms with E-state index in [4.69, 9.17) is 0 Å². The Morgan fingerprint density at radius 2 is 1.53 bits per heavy atom. The summed E-state index contributed by atoms with van der Waals surface area (Å²) in [6, 6.07) is 22.1. The number of fused-ring (bicyclic) bond motifs is 1. The molecule has 0 saturated carbocycles. The fourth-order valence-electron chi connectivity index (χ4n) is 3.98. The Bertz CT molecular complexity index is 1140. The zero-order valence-corrected chi connectivity index (χ0v) is 17.6. The maximum atomic E-state index is 10.9. The molecule has 0 radical (unpaired) electrons. The molecular weight excluding hydrogens is 368 g/mol. The SMILES string of the molecule is Cc1ccc(C2=CCC(C)(C)c3ccc(/C=C/c4ccc(C(=O)[O-])cc4)cc32)cc1. The Hall–Kier alpha value is -3.39. The summed E-state index contributed by atoms with van der Waals surface area (Å²) >= 11 is 0. The van der Waals surface area contributed by atoms with E-state index < -0.39 is 5.97 Å². The lowest BCUT2D eigenvalue weighted by Crippen LogP contribution is -2.22. The van der Waals surface area contributed by atoms with E-state index in [1.807, 2.05) is 6.08 Å². The molecule has 0 amide bonds. The van der Waals surface area contributed by atoms with E-state index in [1.165, 1.54) is 27.8 Å². The van der Waals surface area contributed by atoms with Gasteiger partial charge in [-0.05, 0) is 63.8 Å². The van der Waals surface area contributed by atoms with Gasteiger partial charge < -0.3 is 9.90 Å². The molecular formula is C28H25O2-. The summed E-state index contributed by atoms with van der Waals surface area (Å²) in [6.07, 6.45) is 7.45. The lowest BCUT2D eigenvalue weighted by atomic mass is 9.72. The Kier molecular flexibility index (Phi) is 5.17. The molecule has 0 aromatic heterocycles. The van der Waals surface area contributed by atoms with Crippen molar-refractivity contribution >= 4 is 23.7 Å². The molecule has 0 fully saturated rings. The second kappa shape index (κ2) is 7.79. The number of aryl methyl sites for hydroxylation is 1. The van der Waals surface area contributed by atoms with Gasteiger partial charge in [-0.2, -0.15) is 0 Å². The molecule has 0 N–H and O–H groups in total. The first kappa shape index (κ1) is 19.9. The Labute approximate surface area is 178 Å². The lowest BCUT2D eigenvalue weighted by molar-refractivity contribution is -0.255. The molecule has 30 heavy (non-hydrogen) atoms. The average molecular weight is 394 g/mol. The minimum absolute atomic E-state index is 0.104. The van der Waals surface area contributed by atoms with E-state index in [1.54, 1.807) is 24.3 Å². The monoisotopic (exact) mass is 393 g/mol. The highest BCUT2D eigenvalue weighted by Gasteiger charge is 2.28. The maximum absolute atomic E-state index is 10.9. The molecule has 0 heterocycles. The Morgan fingerprint density at radius 1 is 0.900 bits per heavy atom. The predicted molar refractivity (Wildman–Crippen MR) is 122 cm³/mol. The van der Waals surface area contributed by atoms with Crippen LogP contribution in [0.5, 0.6) is 0 Å². The van der Waals surface area contributed by atoms with E-state index in [-0.39, 0.29) is 11.0 Å². The second-order valence-corrected chi connectivity index (χ2v) is 8.62. The average Bonchev–Trinajstić information content (AvgIpc) is 2.73. The fraction of sp³-hybridized carbons (Fsp3) is 0.179. The molecule has 0 atom stereocenters. The van der Waals surface area contributed by atoms with Gasteiger partial charge in [-0.25, -0.2) is 0 Å².